The van der Waals surface area contributed by atoms with E-state index in [1.165, 1.54) is 0 Å². The Morgan fingerprint density at radius 3 is 2.70 bits per heavy atom. The van der Waals surface area contributed by atoms with Crippen molar-refractivity contribution in [2.45, 2.75) is 13.5 Å². The Labute approximate surface area is 59.7 Å². The summed E-state index contributed by atoms with van der Waals surface area (Å²) in [6.07, 6.45) is 0. The summed E-state index contributed by atoms with van der Waals surface area (Å²) in [5.41, 5.74) is 1.39. The maximum Gasteiger partial charge on any atom is 0.129 e. The molecule has 0 aliphatic heterocycles. The van der Waals surface area contributed by atoms with Gasteiger partial charge in [-0.25, -0.2) is 0 Å². The minimum atomic E-state index is -0.136. The van der Waals surface area contributed by atoms with Crippen molar-refractivity contribution >= 4 is 0 Å². The smallest absolute Gasteiger partial charge is 0.129 e. The number of aryl methyl sites for hydroxylation is 1. The van der Waals surface area contributed by atoms with Crippen LogP contribution in [0, 0.1) is 13.0 Å². The summed E-state index contributed by atoms with van der Waals surface area (Å²) < 4.78 is 0. The van der Waals surface area contributed by atoms with Crippen molar-refractivity contribution in [3.8, 4) is 5.75 Å². The average Bonchev–Trinajstić information content (AvgIpc) is 1.88. The number of aromatic hydroxyl groups is 1. The first kappa shape index (κ1) is 7.09. The average molecular weight is 137 g/mol. The van der Waals surface area contributed by atoms with Crippen LogP contribution in [0.5, 0.6) is 5.75 Å². The molecule has 0 bridgehead atoms. The molecule has 0 atom stereocenters. The molecule has 2 nitrogen and oxygen atoms in total. The van der Waals surface area contributed by atoms with Gasteiger partial charge in [-0.05, 0) is 12.5 Å². The standard InChI is InChI=1S/C8H9O2/c1-6-2-3-7(5-9)8(10)4-6/h2-3,9-10H,5H2,1H3. The molecule has 0 aliphatic carbocycles. The molecular weight excluding hydrogens is 128 g/mol. The van der Waals surface area contributed by atoms with Gasteiger partial charge in [-0.3, -0.25) is 0 Å². The summed E-state index contributed by atoms with van der Waals surface area (Å²) in [4.78, 5) is 0. The van der Waals surface area contributed by atoms with Gasteiger partial charge in [-0.1, -0.05) is 12.1 Å². The van der Waals surface area contributed by atoms with Crippen LogP contribution in [0.15, 0.2) is 12.1 Å². The molecule has 1 radical (unpaired) electrons. The summed E-state index contributed by atoms with van der Waals surface area (Å²) >= 11 is 0. The summed E-state index contributed by atoms with van der Waals surface area (Å²) in [5.74, 6) is 0.0440. The molecule has 0 aromatic heterocycles. The molecule has 0 aliphatic rings. The van der Waals surface area contributed by atoms with Crippen LogP contribution in [-0.4, -0.2) is 10.2 Å². The minimum Gasteiger partial charge on any atom is -0.507 e. The SMILES string of the molecule is Cc1[c]c(O)c(CO)cc1. The van der Waals surface area contributed by atoms with Crippen LogP contribution in [0.1, 0.15) is 11.1 Å². The van der Waals surface area contributed by atoms with Gasteiger partial charge in [0, 0.05) is 11.6 Å². The van der Waals surface area contributed by atoms with Gasteiger partial charge >= 0.3 is 0 Å². The predicted molar refractivity (Wildman–Crippen MR) is 37.6 cm³/mol. The van der Waals surface area contributed by atoms with Crippen LogP contribution < -0.4 is 0 Å². The molecule has 1 aromatic carbocycles. The number of aliphatic hydroxyl groups is 1. The van der Waals surface area contributed by atoms with E-state index < -0.39 is 0 Å². The van der Waals surface area contributed by atoms with Crippen LogP contribution in [0.3, 0.4) is 0 Å². The highest BCUT2D eigenvalue weighted by Crippen LogP contribution is 2.16. The van der Waals surface area contributed by atoms with E-state index in [1.54, 1.807) is 12.1 Å². The van der Waals surface area contributed by atoms with Gasteiger partial charge in [-0.2, -0.15) is 0 Å². The van der Waals surface area contributed by atoms with Gasteiger partial charge in [0.2, 0.25) is 0 Å². The normalized spacial score (nSPS) is 9.80. The molecule has 0 saturated heterocycles. The monoisotopic (exact) mass is 137 g/mol. The molecule has 0 saturated carbocycles. The van der Waals surface area contributed by atoms with Crippen molar-refractivity contribution < 1.29 is 10.2 Å². The second-order valence-corrected chi connectivity index (χ2v) is 2.17. The van der Waals surface area contributed by atoms with Crippen LogP contribution >= 0.6 is 0 Å². The van der Waals surface area contributed by atoms with Gasteiger partial charge < -0.3 is 10.2 Å². The summed E-state index contributed by atoms with van der Waals surface area (Å²) in [7, 11) is 0. The number of hydrogen-bond donors (Lipinski definition) is 2. The van der Waals surface area contributed by atoms with Crippen LogP contribution in [0.25, 0.3) is 0 Å². The van der Waals surface area contributed by atoms with Gasteiger partial charge in [0.15, 0.2) is 0 Å². The van der Waals surface area contributed by atoms with Gasteiger partial charge in [0.1, 0.15) is 5.75 Å². The lowest BCUT2D eigenvalue weighted by molar-refractivity contribution is 0.275. The van der Waals surface area contributed by atoms with E-state index in [2.05, 4.69) is 6.07 Å². The van der Waals surface area contributed by atoms with Crippen molar-refractivity contribution in [3.63, 3.8) is 0 Å². The van der Waals surface area contributed by atoms with Crippen molar-refractivity contribution in [3.05, 3.63) is 29.3 Å². The lowest BCUT2D eigenvalue weighted by atomic mass is 10.1. The fourth-order valence-corrected chi connectivity index (χ4v) is 0.741. The highest BCUT2D eigenvalue weighted by molar-refractivity contribution is 5.33. The predicted octanol–water partition coefficient (Wildman–Crippen LogP) is 0.993. The van der Waals surface area contributed by atoms with E-state index in [0.29, 0.717) is 5.56 Å². The molecule has 0 unspecified atom stereocenters. The lowest BCUT2D eigenvalue weighted by Crippen LogP contribution is -1.84. The topological polar surface area (TPSA) is 40.5 Å². The number of benzene rings is 1. The van der Waals surface area contributed by atoms with E-state index in [4.69, 9.17) is 10.2 Å². The third-order valence-electron chi connectivity index (χ3n) is 1.32. The fraction of sp³-hybridized carbons (Fsp3) is 0.250. The van der Waals surface area contributed by atoms with E-state index in [-0.39, 0.29) is 12.4 Å². The molecule has 1 aromatic rings. The number of phenols is 1. The Morgan fingerprint density at radius 1 is 1.50 bits per heavy atom. The van der Waals surface area contributed by atoms with E-state index in [9.17, 15) is 0 Å². The first-order valence-corrected chi connectivity index (χ1v) is 3.05. The second-order valence-electron chi connectivity index (χ2n) is 2.17. The summed E-state index contributed by atoms with van der Waals surface area (Å²) in [6.45, 7) is 1.70. The third kappa shape index (κ3) is 1.28. The zero-order chi connectivity index (χ0) is 7.56. The Hall–Kier alpha value is -1.02. The van der Waals surface area contributed by atoms with Crippen molar-refractivity contribution in [2.75, 3.05) is 0 Å². The zero-order valence-electron chi connectivity index (χ0n) is 5.76. The van der Waals surface area contributed by atoms with Gasteiger partial charge in [0.05, 0.1) is 6.61 Å². The molecule has 53 valence electrons. The zero-order valence-corrected chi connectivity index (χ0v) is 5.76. The molecule has 10 heavy (non-hydrogen) atoms. The highest BCUT2D eigenvalue weighted by atomic mass is 16.3. The van der Waals surface area contributed by atoms with Gasteiger partial charge in [0.25, 0.3) is 0 Å². The van der Waals surface area contributed by atoms with Crippen LogP contribution in [-0.2, 0) is 6.61 Å². The Balaban J connectivity index is 3.07. The second kappa shape index (κ2) is 2.71. The van der Waals surface area contributed by atoms with Crippen LogP contribution in [0.2, 0.25) is 0 Å². The molecule has 0 fully saturated rings. The largest absolute Gasteiger partial charge is 0.507 e. The first-order valence-electron chi connectivity index (χ1n) is 3.05. The minimum absolute atomic E-state index is 0.0440. The van der Waals surface area contributed by atoms with E-state index >= 15 is 0 Å². The van der Waals surface area contributed by atoms with Crippen LogP contribution in [0.4, 0.5) is 0 Å². The van der Waals surface area contributed by atoms with Crippen molar-refractivity contribution in [1.29, 1.82) is 0 Å². The molecule has 0 amide bonds. The molecule has 2 N–H and O–H groups in total. The Morgan fingerprint density at radius 2 is 2.20 bits per heavy atom. The highest BCUT2D eigenvalue weighted by Gasteiger charge is 1.97. The first-order chi connectivity index (χ1) is 4.74. The van der Waals surface area contributed by atoms with Crippen molar-refractivity contribution in [2.24, 2.45) is 0 Å². The molecule has 1 rings (SSSR count). The molecular formula is C8H9O2. The van der Waals surface area contributed by atoms with Crippen molar-refractivity contribution in [1.82, 2.24) is 0 Å². The van der Waals surface area contributed by atoms with Gasteiger partial charge in [-0.15, -0.1) is 0 Å². The Bertz CT molecular complexity index is 231. The fourth-order valence-electron chi connectivity index (χ4n) is 0.741. The number of hydrogen-bond acceptors (Lipinski definition) is 2. The van der Waals surface area contributed by atoms with E-state index in [0.717, 1.165) is 5.56 Å². The lowest BCUT2D eigenvalue weighted by Gasteiger charge is -1.99. The maximum absolute atomic E-state index is 9.08. The quantitative estimate of drug-likeness (QED) is 0.606. The Kier molecular flexibility index (Phi) is 1.92. The molecule has 0 heterocycles. The number of aliphatic hydroxyl groups excluding tert-OH is 1. The van der Waals surface area contributed by atoms with E-state index in [1.807, 2.05) is 6.92 Å². The maximum atomic E-state index is 9.08. The number of rotatable bonds is 1. The molecule has 0 spiro atoms. The third-order valence-corrected chi connectivity index (χ3v) is 1.32. The molecule has 2 heteroatoms. The summed E-state index contributed by atoms with van der Waals surface area (Å²) in [5, 5.41) is 17.7. The summed E-state index contributed by atoms with van der Waals surface area (Å²) in [6, 6.07) is 6.16.